The first-order valence-electron chi connectivity index (χ1n) is 9.71. The van der Waals surface area contributed by atoms with Crippen molar-refractivity contribution < 1.29 is 17.2 Å². The molecule has 0 unspecified atom stereocenters. The molecule has 0 amide bonds. The van der Waals surface area contributed by atoms with Gasteiger partial charge in [-0.2, -0.15) is 0 Å². The number of aromatic amines is 1. The first-order valence-corrected chi connectivity index (χ1v) is 11.3. The second-order valence-corrected chi connectivity index (χ2v) is 10.9. The van der Waals surface area contributed by atoms with E-state index in [9.17, 15) is 17.2 Å². The Hall–Kier alpha value is -3.10. The first kappa shape index (κ1) is 23.6. The molecule has 2 N–H and O–H groups in total. The van der Waals surface area contributed by atoms with Crippen LogP contribution in [0, 0.1) is 23.6 Å². The Bertz CT molecular complexity index is 1310. The van der Waals surface area contributed by atoms with Gasteiger partial charge in [-0.25, -0.2) is 36.3 Å². The van der Waals surface area contributed by atoms with Crippen LogP contribution in [0.2, 0.25) is 0 Å². The number of halogens is 2. The Morgan fingerprint density at radius 1 is 1.28 bits per heavy atom. The zero-order valence-corrected chi connectivity index (χ0v) is 19.2. The molecular formula is C21H24F2N6O2S. The number of aromatic nitrogens is 3. The van der Waals surface area contributed by atoms with Crippen molar-refractivity contribution in [3.05, 3.63) is 47.6 Å². The van der Waals surface area contributed by atoms with Gasteiger partial charge in [-0.1, -0.05) is 20.8 Å². The Kier molecular flexibility index (Phi) is 6.22. The van der Waals surface area contributed by atoms with Gasteiger partial charge in [0.1, 0.15) is 11.5 Å². The van der Waals surface area contributed by atoms with E-state index in [0.717, 1.165) is 16.6 Å². The largest absolute Gasteiger partial charge is 0.363 e. The molecule has 0 spiro atoms. The fraction of sp³-hybridized carbons (Fsp3) is 0.381. The molecule has 8 nitrogen and oxygen atoms in total. The van der Waals surface area contributed by atoms with Crippen LogP contribution < -0.4 is 5.32 Å². The van der Waals surface area contributed by atoms with Crippen molar-refractivity contribution in [2.45, 2.75) is 26.8 Å². The highest BCUT2D eigenvalue weighted by atomic mass is 32.2. The van der Waals surface area contributed by atoms with Crippen LogP contribution in [0.25, 0.3) is 27.1 Å². The Morgan fingerprint density at radius 2 is 1.97 bits per heavy atom. The minimum atomic E-state index is -3.60. The number of rotatable bonds is 6. The predicted molar refractivity (Wildman–Crippen MR) is 120 cm³/mol. The Labute approximate surface area is 185 Å². The maximum absolute atomic E-state index is 14.9. The maximum Gasteiger partial charge on any atom is 0.216 e. The third-order valence-corrected chi connectivity index (χ3v) is 6.99. The predicted octanol–water partition coefficient (Wildman–Crippen LogP) is 4.17. The molecule has 0 aliphatic carbocycles. The molecule has 0 aromatic carbocycles. The van der Waals surface area contributed by atoms with Gasteiger partial charge < -0.3 is 10.3 Å². The lowest BCUT2D eigenvalue weighted by Crippen LogP contribution is -2.43. The van der Waals surface area contributed by atoms with Gasteiger partial charge >= 0.3 is 0 Å². The molecule has 3 aromatic rings. The normalized spacial score (nSPS) is 13.3. The monoisotopic (exact) mass is 462 g/mol. The number of nitrogens with zero attached hydrogens (tertiary/aromatic N) is 4. The van der Waals surface area contributed by atoms with Crippen molar-refractivity contribution >= 4 is 32.6 Å². The molecule has 0 saturated heterocycles. The van der Waals surface area contributed by atoms with E-state index in [1.165, 1.54) is 26.4 Å². The summed E-state index contributed by atoms with van der Waals surface area (Å²) < 4.78 is 54.7. The summed E-state index contributed by atoms with van der Waals surface area (Å²) >= 11 is 0. The lowest BCUT2D eigenvalue weighted by molar-refractivity contribution is 0.354. The Balaban J connectivity index is 2.11. The first-order chi connectivity index (χ1) is 14.8. The number of H-pyrrole nitrogens is 1. The number of nitrogens with one attached hydrogen (secondary N) is 2. The summed E-state index contributed by atoms with van der Waals surface area (Å²) in [7, 11) is -0.734. The molecule has 3 aromatic heterocycles. The van der Waals surface area contributed by atoms with E-state index in [1.54, 1.807) is 0 Å². The average molecular weight is 463 g/mol. The fourth-order valence-corrected chi connectivity index (χ4v) is 4.37. The van der Waals surface area contributed by atoms with E-state index in [4.69, 9.17) is 6.57 Å². The summed E-state index contributed by atoms with van der Waals surface area (Å²) in [6, 6.07) is 1.59. The summed E-state index contributed by atoms with van der Waals surface area (Å²) in [5, 5.41) is 3.31. The van der Waals surface area contributed by atoms with Crippen LogP contribution in [-0.4, -0.2) is 53.6 Å². The molecule has 170 valence electrons. The van der Waals surface area contributed by atoms with E-state index >= 15 is 0 Å². The molecule has 0 aliphatic rings. The number of hydrogen-bond donors (Lipinski definition) is 2. The highest BCUT2D eigenvalue weighted by Crippen LogP contribution is 2.36. The minimum absolute atomic E-state index is 0.0635. The number of fused-ring (bicyclic) bond motifs is 1. The molecule has 3 rings (SSSR count). The van der Waals surface area contributed by atoms with Gasteiger partial charge in [-0.3, -0.25) is 0 Å². The van der Waals surface area contributed by atoms with Crippen LogP contribution in [0.15, 0.2) is 24.5 Å². The van der Waals surface area contributed by atoms with Crippen LogP contribution in [0.3, 0.4) is 0 Å². The summed E-state index contributed by atoms with van der Waals surface area (Å²) in [5.74, 6) is -1.84. The van der Waals surface area contributed by atoms with Crippen molar-refractivity contribution in [2.24, 2.45) is 5.41 Å². The lowest BCUT2D eigenvalue weighted by atomic mass is 9.88. The third-order valence-electron chi connectivity index (χ3n) is 5.12. The van der Waals surface area contributed by atoms with E-state index in [0.29, 0.717) is 16.6 Å². The van der Waals surface area contributed by atoms with Crippen molar-refractivity contribution in [3.63, 3.8) is 0 Å². The van der Waals surface area contributed by atoms with Crippen LogP contribution in [0.1, 0.15) is 20.8 Å². The zero-order chi connectivity index (χ0) is 23.8. The number of hydrogen-bond acceptors (Lipinski definition) is 5. The van der Waals surface area contributed by atoms with E-state index in [-0.39, 0.29) is 23.0 Å². The van der Waals surface area contributed by atoms with Crippen molar-refractivity contribution in [2.75, 3.05) is 25.2 Å². The fourth-order valence-electron chi connectivity index (χ4n) is 3.07. The van der Waals surface area contributed by atoms with Gasteiger partial charge in [-0.05, 0) is 17.5 Å². The van der Waals surface area contributed by atoms with Crippen molar-refractivity contribution in [3.8, 4) is 11.3 Å². The minimum Gasteiger partial charge on any atom is -0.363 e. The summed E-state index contributed by atoms with van der Waals surface area (Å²) in [4.78, 5) is 14.5. The smallest absolute Gasteiger partial charge is 0.216 e. The van der Waals surface area contributed by atoms with Crippen molar-refractivity contribution in [1.29, 1.82) is 0 Å². The summed E-state index contributed by atoms with van der Waals surface area (Å²) in [6.45, 7) is 12.9. The van der Waals surface area contributed by atoms with Crippen LogP contribution in [0.5, 0.6) is 0 Å². The molecule has 0 radical (unpaired) electrons. The molecular weight excluding hydrogens is 438 g/mol. The number of anilines is 1. The quantitative estimate of drug-likeness (QED) is 0.536. The van der Waals surface area contributed by atoms with E-state index < -0.39 is 33.1 Å². The SMILES string of the molecule is [C-]#[N+]c1cc(F)c(N[C@H](CS(=O)(=O)N(C)C)C(C)(C)C)nc1-c1c[nH]c2ncc(F)cc12. The summed E-state index contributed by atoms with van der Waals surface area (Å²) in [6.07, 6.45) is 2.58. The van der Waals surface area contributed by atoms with Gasteiger partial charge in [0.25, 0.3) is 0 Å². The molecule has 0 fully saturated rings. The highest BCUT2D eigenvalue weighted by Gasteiger charge is 2.32. The van der Waals surface area contributed by atoms with Crippen LogP contribution in [-0.2, 0) is 10.0 Å². The maximum atomic E-state index is 14.9. The molecule has 11 heteroatoms. The molecule has 0 bridgehead atoms. The molecule has 0 aliphatic heterocycles. The van der Waals surface area contributed by atoms with Crippen LogP contribution in [0.4, 0.5) is 20.3 Å². The second kappa shape index (κ2) is 8.44. The summed E-state index contributed by atoms with van der Waals surface area (Å²) in [5.41, 5.74) is 0.276. The molecule has 1 atom stereocenters. The standard InChI is InChI=1S/C21H24F2N6O2S/c1-21(2,3)17(11-32(30,31)29(5)6)27-20-15(23)8-16(24-4)18(28-20)14-10-26-19-13(14)7-12(22)9-25-19/h7-10,17H,11H2,1-3,5-6H3,(H,25,26)(H,27,28)/t17-/m1/s1. The van der Waals surface area contributed by atoms with Gasteiger partial charge in [0, 0.05) is 37.3 Å². The lowest BCUT2D eigenvalue weighted by Gasteiger charge is -2.32. The number of sulfonamides is 1. The Morgan fingerprint density at radius 3 is 2.56 bits per heavy atom. The van der Waals surface area contributed by atoms with Crippen molar-refractivity contribution in [1.82, 2.24) is 19.3 Å². The molecule has 3 heterocycles. The van der Waals surface area contributed by atoms with Gasteiger partial charge in [0.15, 0.2) is 11.6 Å². The second-order valence-electron chi connectivity index (χ2n) is 8.67. The van der Waals surface area contributed by atoms with E-state index in [2.05, 4.69) is 25.1 Å². The van der Waals surface area contributed by atoms with Crippen LogP contribution >= 0.6 is 0 Å². The van der Waals surface area contributed by atoms with Gasteiger partial charge in [0.2, 0.25) is 15.7 Å². The zero-order valence-electron chi connectivity index (χ0n) is 18.4. The molecule has 32 heavy (non-hydrogen) atoms. The van der Waals surface area contributed by atoms with E-state index in [1.807, 2.05) is 20.8 Å². The molecule has 0 saturated carbocycles. The van der Waals surface area contributed by atoms with Gasteiger partial charge in [0.05, 0.1) is 24.2 Å². The topological polar surface area (TPSA) is 95.3 Å². The number of pyridine rings is 2. The average Bonchev–Trinajstić information content (AvgIpc) is 3.10. The third kappa shape index (κ3) is 4.71. The van der Waals surface area contributed by atoms with Gasteiger partial charge in [-0.15, -0.1) is 0 Å². The highest BCUT2D eigenvalue weighted by molar-refractivity contribution is 7.89.